The van der Waals surface area contributed by atoms with E-state index < -0.39 is 0 Å². The average molecular weight is 209 g/mol. The molecule has 74 valence electrons. The summed E-state index contributed by atoms with van der Waals surface area (Å²) in [6.07, 6.45) is 6.79. The third-order valence-electron chi connectivity index (χ3n) is 2.32. The summed E-state index contributed by atoms with van der Waals surface area (Å²) in [6, 6.07) is 7.83. The predicted molar refractivity (Wildman–Crippen MR) is 59.5 cm³/mol. The summed E-state index contributed by atoms with van der Waals surface area (Å²) in [5.74, 6) is 0. The molecule has 2 heteroatoms. The minimum Gasteiger partial charge on any atom is -0.374 e. The van der Waals surface area contributed by atoms with E-state index in [9.17, 15) is 0 Å². The lowest BCUT2D eigenvalue weighted by molar-refractivity contribution is 0.146. The first-order valence-corrected chi connectivity index (χ1v) is 5.28. The van der Waals surface area contributed by atoms with E-state index in [4.69, 9.17) is 16.3 Å². The maximum absolute atomic E-state index is 5.88. The number of benzene rings is 1. The van der Waals surface area contributed by atoms with E-state index in [2.05, 4.69) is 12.2 Å². The minimum absolute atomic E-state index is 0.300. The van der Waals surface area contributed by atoms with Crippen LogP contribution >= 0.6 is 11.6 Å². The molecule has 0 amide bonds. The van der Waals surface area contributed by atoms with Gasteiger partial charge in [0.05, 0.1) is 6.10 Å². The van der Waals surface area contributed by atoms with Gasteiger partial charge in [-0.2, -0.15) is 0 Å². The zero-order chi connectivity index (χ0) is 9.80. The fraction of sp³-hybridized carbons (Fsp3) is 0.333. The molecule has 0 unspecified atom stereocenters. The van der Waals surface area contributed by atoms with Crippen molar-refractivity contribution in [1.29, 1.82) is 0 Å². The van der Waals surface area contributed by atoms with Crippen molar-refractivity contribution in [2.24, 2.45) is 0 Å². The summed E-state index contributed by atoms with van der Waals surface area (Å²) >= 11 is 5.88. The normalized spacial score (nSPS) is 21.9. The second-order valence-electron chi connectivity index (χ2n) is 3.47. The molecule has 1 aliphatic rings. The van der Waals surface area contributed by atoms with Gasteiger partial charge in [0, 0.05) is 11.6 Å². The van der Waals surface area contributed by atoms with Crippen LogP contribution in [0.1, 0.15) is 18.4 Å². The molecule has 0 aromatic heterocycles. The molecule has 1 nitrogen and oxygen atoms in total. The molecule has 1 fully saturated rings. The van der Waals surface area contributed by atoms with E-state index in [0.717, 1.165) is 23.6 Å². The van der Waals surface area contributed by atoms with Crippen molar-refractivity contribution in [3.63, 3.8) is 0 Å². The summed E-state index contributed by atoms with van der Waals surface area (Å²) in [5, 5.41) is 0.777. The second kappa shape index (κ2) is 4.63. The summed E-state index contributed by atoms with van der Waals surface area (Å²) < 4.78 is 5.49. The molecule has 0 bridgehead atoms. The van der Waals surface area contributed by atoms with Gasteiger partial charge >= 0.3 is 0 Å². The minimum atomic E-state index is 0.300. The summed E-state index contributed by atoms with van der Waals surface area (Å²) in [4.78, 5) is 0. The third kappa shape index (κ3) is 2.60. The number of hydrogen-bond donors (Lipinski definition) is 0. The lowest BCUT2D eigenvalue weighted by atomic mass is 10.1. The van der Waals surface area contributed by atoms with Crippen molar-refractivity contribution in [2.75, 3.05) is 6.61 Å². The molecular weight excluding hydrogens is 196 g/mol. The zero-order valence-electron chi connectivity index (χ0n) is 7.95. The Balaban J connectivity index is 2.02. The Morgan fingerprint density at radius 2 is 2.36 bits per heavy atom. The molecule has 14 heavy (non-hydrogen) atoms. The topological polar surface area (TPSA) is 9.23 Å². The molecule has 1 atom stereocenters. The number of rotatable bonds is 2. The van der Waals surface area contributed by atoms with E-state index in [1.165, 1.54) is 6.42 Å². The van der Waals surface area contributed by atoms with E-state index in [1.807, 2.05) is 24.3 Å². The van der Waals surface area contributed by atoms with Crippen LogP contribution in [0.2, 0.25) is 5.02 Å². The Bertz CT molecular complexity index is 327. The second-order valence-corrected chi connectivity index (χ2v) is 3.90. The van der Waals surface area contributed by atoms with Crippen LogP contribution in [0.5, 0.6) is 0 Å². The molecule has 1 aromatic carbocycles. The van der Waals surface area contributed by atoms with Gasteiger partial charge in [-0.1, -0.05) is 35.9 Å². The van der Waals surface area contributed by atoms with Crippen LogP contribution < -0.4 is 0 Å². The Hall–Kier alpha value is -0.790. The van der Waals surface area contributed by atoms with Crippen LogP contribution in [0.15, 0.2) is 30.3 Å². The molecule has 0 spiro atoms. The molecule has 1 saturated heterocycles. The SMILES string of the molecule is Clc1cccc(/C=C\[C@H]2CCCO2)c1. The number of halogens is 1. The molecule has 1 heterocycles. The van der Waals surface area contributed by atoms with Crippen LogP contribution in [-0.4, -0.2) is 12.7 Å². The summed E-state index contributed by atoms with van der Waals surface area (Å²) in [7, 11) is 0. The molecule has 0 aliphatic carbocycles. The average Bonchev–Trinajstić information content (AvgIpc) is 2.67. The van der Waals surface area contributed by atoms with Crippen molar-refractivity contribution < 1.29 is 4.74 Å². The van der Waals surface area contributed by atoms with Gasteiger partial charge < -0.3 is 4.74 Å². The van der Waals surface area contributed by atoms with Crippen molar-refractivity contribution >= 4 is 17.7 Å². The van der Waals surface area contributed by atoms with Gasteiger partial charge in [-0.25, -0.2) is 0 Å². The van der Waals surface area contributed by atoms with Crippen molar-refractivity contribution in [3.8, 4) is 0 Å². The van der Waals surface area contributed by atoms with Crippen LogP contribution in [0.3, 0.4) is 0 Å². The van der Waals surface area contributed by atoms with Crippen molar-refractivity contribution in [1.82, 2.24) is 0 Å². The molecule has 0 radical (unpaired) electrons. The third-order valence-corrected chi connectivity index (χ3v) is 2.55. The highest BCUT2D eigenvalue weighted by Crippen LogP contribution is 2.16. The first-order valence-electron chi connectivity index (χ1n) is 4.90. The lowest BCUT2D eigenvalue weighted by Gasteiger charge is -2.01. The van der Waals surface area contributed by atoms with Gasteiger partial charge in [-0.05, 0) is 30.5 Å². The fourth-order valence-corrected chi connectivity index (χ4v) is 1.78. The quantitative estimate of drug-likeness (QED) is 0.723. The summed E-state index contributed by atoms with van der Waals surface area (Å²) in [5.41, 5.74) is 1.13. The Kier molecular flexibility index (Phi) is 3.22. The largest absolute Gasteiger partial charge is 0.374 e. The summed E-state index contributed by atoms with van der Waals surface area (Å²) in [6.45, 7) is 0.893. The highest BCUT2D eigenvalue weighted by molar-refractivity contribution is 6.30. The fourth-order valence-electron chi connectivity index (χ4n) is 1.58. The van der Waals surface area contributed by atoms with E-state index in [1.54, 1.807) is 0 Å². The molecule has 0 saturated carbocycles. The van der Waals surface area contributed by atoms with Gasteiger partial charge in [-0.15, -0.1) is 0 Å². The van der Waals surface area contributed by atoms with E-state index in [-0.39, 0.29) is 0 Å². The van der Waals surface area contributed by atoms with E-state index >= 15 is 0 Å². The monoisotopic (exact) mass is 208 g/mol. The highest BCUT2D eigenvalue weighted by atomic mass is 35.5. The maximum Gasteiger partial charge on any atom is 0.0759 e. The molecule has 0 N–H and O–H groups in total. The van der Waals surface area contributed by atoms with Crippen molar-refractivity contribution in [3.05, 3.63) is 40.9 Å². The van der Waals surface area contributed by atoms with Gasteiger partial charge in [-0.3, -0.25) is 0 Å². The van der Waals surface area contributed by atoms with Crippen LogP contribution in [0, 0.1) is 0 Å². The van der Waals surface area contributed by atoms with E-state index in [0.29, 0.717) is 6.10 Å². The Morgan fingerprint density at radius 1 is 1.43 bits per heavy atom. The maximum atomic E-state index is 5.88. The Morgan fingerprint density at radius 3 is 3.07 bits per heavy atom. The highest BCUT2D eigenvalue weighted by Gasteiger charge is 2.10. The van der Waals surface area contributed by atoms with Crippen LogP contribution in [0.4, 0.5) is 0 Å². The molecule has 1 aliphatic heterocycles. The number of hydrogen-bond acceptors (Lipinski definition) is 1. The van der Waals surface area contributed by atoms with Gasteiger partial charge in [0.1, 0.15) is 0 Å². The predicted octanol–water partition coefficient (Wildman–Crippen LogP) is 3.53. The number of ether oxygens (including phenoxy) is 1. The smallest absolute Gasteiger partial charge is 0.0759 e. The van der Waals surface area contributed by atoms with Crippen molar-refractivity contribution in [2.45, 2.75) is 18.9 Å². The van der Waals surface area contributed by atoms with Crippen LogP contribution in [0.25, 0.3) is 6.08 Å². The molecule has 2 rings (SSSR count). The first kappa shape index (κ1) is 9.75. The van der Waals surface area contributed by atoms with Gasteiger partial charge in [0.2, 0.25) is 0 Å². The first-order chi connectivity index (χ1) is 6.84. The standard InChI is InChI=1S/C12H13ClO/c13-11-4-1-3-10(9-11)6-7-12-5-2-8-14-12/h1,3-4,6-7,9,12H,2,5,8H2/b7-6-/t12-/m1/s1. The Labute approximate surface area is 89.3 Å². The van der Waals surface area contributed by atoms with Gasteiger partial charge in [0.15, 0.2) is 0 Å². The molecular formula is C12H13ClO. The van der Waals surface area contributed by atoms with Gasteiger partial charge in [0.25, 0.3) is 0 Å². The zero-order valence-corrected chi connectivity index (χ0v) is 8.70. The lowest BCUT2D eigenvalue weighted by Crippen LogP contribution is -1.98. The molecule has 1 aromatic rings. The van der Waals surface area contributed by atoms with Crippen LogP contribution in [-0.2, 0) is 4.74 Å².